The van der Waals surface area contributed by atoms with Gasteiger partial charge in [0.25, 0.3) is 5.91 Å². The summed E-state index contributed by atoms with van der Waals surface area (Å²) in [5.41, 5.74) is 6.71. The first-order valence-electron chi connectivity index (χ1n) is 19.5. The van der Waals surface area contributed by atoms with E-state index in [0.717, 1.165) is 33.4 Å². The Balaban J connectivity index is 0.980. The van der Waals surface area contributed by atoms with Gasteiger partial charge in [-0.15, -0.1) is 0 Å². The van der Waals surface area contributed by atoms with Crippen LogP contribution in [0.3, 0.4) is 0 Å². The first-order valence-corrected chi connectivity index (χ1v) is 20.3. The van der Waals surface area contributed by atoms with Crippen molar-refractivity contribution in [3.05, 3.63) is 171 Å². The molecule has 5 aromatic carbocycles. The second-order valence-electron chi connectivity index (χ2n) is 14.7. The van der Waals surface area contributed by atoms with Crippen LogP contribution in [0.4, 0.5) is 5.69 Å². The molecule has 0 bridgehead atoms. The van der Waals surface area contributed by atoms with Crippen LogP contribution in [0.1, 0.15) is 45.3 Å². The zero-order valence-electron chi connectivity index (χ0n) is 32.8. The molecule has 8 rings (SSSR count). The minimum Gasteiger partial charge on any atom is -0.489 e. The molecule has 3 N–H and O–H groups in total. The predicted molar refractivity (Wildman–Crippen MR) is 232 cm³/mol. The fraction of sp³-hybridized carbons (Fsp3) is 0.167. The van der Waals surface area contributed by atoms with E-state index < -0.39 is 30.1 Å². The molecule has 3 atom stereocenters. The van der Waals surface area contributed by atoms with Crippen LogP contribution in [0.2, 0.25) is 10.0 Å². The van der Waals surface area contributed by atoms with Crippen molar-refractivity contribution in [3.63, 3.8) is 0 Å². The lowest BCUT2D eigenvalue weighted by Gasteiger charge is -2.36. The van der Waals surface area contributed by atoms with Crippen LogP contribution < -0.4 is 20.1 Å². The number of halogens is 2. The summed E-state index contributed by atoms with van der Waals surface area (Å²) in [5.74, 6) is 5.41. The average molecular weight is 864 g/mol. The van der Waals surface area contributed by atoms with Crippen molar-refractivity contribution in [1.29, 1.82) is 5.26 Å². The first-order chi connectivity index (χ1) is 30.1. The molecule has 0 saturated heterocycles. The molecule has 12 nitrogen and oxygen atoms in total. The maximum Gasteiger partial charge on any atom is 0.326 e. The number of hydrogen-bond donors (Lipinski definition) is 3. The van der Waals surface area contributed by atoms with Gasteiger partial charge in [-0.2, -0.15) is 5.26 Å². The van der Waals surface area contributed by atoms with E-state index >= 15 is 0 Å². The summed E-state index contributed by atoms with van der Waals surface area (Å²) in [6.07, 6.45) is 2.52. The monoisotopic (exact) mass is 862 g/mol. The molecule has 2 amide bonds. The number of anilines is 1. The zero-order chi connectivity index (χ0) is 43.2. The van der Waals surface area contributed by atoms with E-state index in [-0.39, 0.29) is 38.4 Å². The minimum atomic E-state index is -1.22. The Morgan fingerprint density at radius 1 is 0.919 bits per heavy atom. The maximum atomic E-state index is 14.1. The number of aromatic nitrogens is 2. The summed E-state index contributed by atoms with van der Waals surface area (Å²) in [6, 6.07) is 32.4. The average Bonchev–Trinajstić information content (AvgIpc) is 3.29. The topological polar surface area (TPSA) is 167 Å². The highest BCUT2D eigenvalue weighted by molar-refractivity contribution is 6.42. The number of carbonyl (C=O) groups is 3. The van der Waals surface area contributed by atoms with Crippen LogP contribution in [0.5, 0.6) is 11.5 Å². The summed E-state index contributed by atoms with van der Waals surface area (Å²) >= 11 is 12.2. The Bertz CT molecular complexity index is 2750. The van der Waals surface area contributed by atoms with Crippen LogP contribution in [0.15, 0.2) is 122 Å². The molecular formula is C48H36Cl2N6O6. The van der Waals surface area contributed by atoms with Crippen molar-refractivity contribution in [2.75, 3.05) is 11.9 Å². The summed E-state index contributed by atoms with van der Waals surface area (Å²) in [5, 5.41) is 26.0. The summed E-state index contributed by atoms with van der Waals surface area (Å²) in [6.45, 7) is 0.714. The molecule has 308 valence electrons. The molecule has 0 saturated carbocycles. The number of nitrogens with zero attached hydrogens (tertiary/aromatic N) is 4. The molecule has 1 aromatic heterocycles. The number of carboxylic acid groups (broad SMARTS) is 1. The van der Waals surface area contributed by atoms with Gasteiger partial charge in [-0.25, -0.2) is 14.8 Å². The number of rotatable bonds is 11. The lowest BCUT2D eigenvalue weighted by atomic mass is 9.91. The van der Waals surface area contributed by atoms with E-state index in [1.54, 1.807) is 67.0 Å². The molecule has 0 fully saturated rings. The Morgan fingerprint density at radius 3 is 2.32 bits per heavy atom. The van der Waals surface area contributed by atoms with Gasteiger partial charge in [-0.05, 0) is 100 Å². The van der Waals surface area contributed by atoms with Crippen molar-refractivity contribution in [2.45, 2.75) is 44.2 Å². The van der Waals surface area contributed by atoms with E-state index in [1.807, 2.05) is 59.5 Å². The quantitative estimate of drug-likeness (QED) is 0.111. The number of fused-ring (bicyclic) bond motifs is 2. The molecule has 14 heteroatoms. The van der Waals surface area contributed by atoms with Gasteiger partial charge < -0.3 is 25.2 Å². The molecule has 0 spiro atoms. The van der Waals surface area contributed by atoms with Gasteiger partial charge in [0.1, 0.15) is 24.1 Å². The Hall–Kier alpha value is -7.22. The van der Waals surface area contributed by atoms with E-state index in [1.165, 1.54) is 0 Å². The van der Waals surface area contributed by atoms with Crippen molar-refractivity contribution < 1.29 is 29.0 Å². The molecule has 0 radical (unpaired) electrons. The van der Waals surface area contributed by atoms with Crippen molar-refractivity contribution in [1.82, 2.24) is 20.2 Å². The van der Waals surface area contributed by atoms with E-state index in [4.69, 9.17) is 37.9 Å². The number of nitrogens with one attached hydrogen (secondary N) is 2. The maximum absolute atomic E-state index is 14.1. The number of aliphatic carboxylic acids is 1. The van der Waals surface area contributed by atoms with Gasteiger partial charge in [0.15, 0.2) is 0 Å². The fourth-order valence-corrected chi connectivity index (χ4v) is 7.60. The Morgan fingerprint density at radius 2 is 1.63 bits per heavy atom. The predicted octanol–water partition coefficient (Wildman–Crippen LogP) is 7.56. The molecule has 0 aliphatic carbocycles. The molecule has 2 aliphatic heterocycles. The summed E-state index contributed by atoms with van der Waals surface area (Å²) < 4.78 is 12.2. The number of amides is 2. The van der Waals surface area contributed by atoms with Crippen LogP contribution in [0, 0.1) is 23.2 Å². The second kappa shape index (κ2) is 18.6. The van der Waals surface area contributed by atoms with E-state index in [0.29, 0.717) is 44.2 Å². The van der Waals surface area contributed by atoms with Gasteiger partial charge >= 0.3 is 5.97 Å². The number of hydrogen-bond acceptors (Lipinski definition) is 9. The third kappa shape index (κ3) is 9.70. The van der Waals surface area contributed by atoms with E-state index in [9.17, 15) is 19.5 Å². The molecule has 3 heterocycles. The summed E-state index contributed by atoms with van der Waals surface area (Å²) in [7, 11) is 0. The van der Waals surface area contributed by atoms with Gasteiger partial charge in [0.2, 0.25) is 17.8 Å². The van der Waals surface area contributed by atoms with Gasteiger partial charge in [0, 0.05) is 30.9 Å². The molecular weight excluding hydrogens is 827 g/mol. The third-order valence-electron chi connectivity index (χ3n) is 10.5. The van der Waals surface area contributed by atoms with Gasteiger partial charge in [0.05, 0.1) is 40.0 Å². The highest BCUT2D eigenvalue weighted by Gasteiger charge is 2.36. The van der Waals surface area contributed by atoms with Gasteiger partial charge in [-0.1, -0.05) is 83.7 Å². The van der Waals surface area contributed by atoms with Crippen molar-refractivity contribution in [3.8, 4) is 40.5 Å². The Kier molecular flexibility index (Phi) is 12.4. The van der Waals surface area contributed by atoms with Crippen LogP contribution in [-0.2, 0) is 40.4 Å². The molecule has 1 unspecified atom stereocenters. The molecule has 62 heavy (non-hydrogen) atoms. The minimum absolute atomic E-state index is 0.0513. The van der Waals surface area contributed by atoms with Crippen molar-refractivity contribution >= 4 is 46.7 Å². The van der Waals surface area contributed by atoms with Gasteiger partial charge in [-0.3, -0.25) is 14.5 Å². The standard InChI is InChI=1S/C48H36Cl2N6O6/c49-38-17-8-31(21-39(38)50)28-61-37-15-13-34(14-16-37)45-47(58)54-40-23-35-24-42(56(27-36(35)25-43(40)62-45)20-1-3-44-52-18-2-19-53-44)46(57)55-41(48(59)60)22-29-4-9-32(10-5-29)33-11-6-30(26-51)7-12-33/h2,4-19,21,23,25,41-42,45H,20,22,24,27-28H2,(H,54,58)(H,55,57)(H,59,60)/t41-,42-,45?/m0/s1. The largest absolute Gasteiger partial charge is 0.489 e. The number of nitriles is 1. The summed E-state index contributed by atoms with van der Waals surface area (Å²) in [4.78, 5) is 50.3. The smallest absolute Gasteiger partial charge is 0.326 e. The third-order valence-corrected chi connectivity index (χ3v) is 11.3. The number of ether oxygens (including phenoxy) is 2. The van der Waals surface area contributed by atoms with E-state index in [2.05, 4.69) is 38.5 Å². The fourth-order valence-electron chi connectivity index (χ4n) is 7.28. The SMILES string of the molecule is N#Cc1ccc(-c2ccc(C[C@H](NC(=O)[C@@H]3Cc4cc5c(cc4CN3CC#Cc3ncccn3)OC(c3ccc(OCc4ccc(Cl)c(Cl)c4)cc3)C(=O)N5)C(=O)O)cc2)cc1. The van der Waals surface area contributed by atoms with Crippen LogP contribution >= 0.6 is 23.2 Å². The first kappa shape index (κ1) is 41.5. The zero-order valence-corrected chi connectivity index (χ0v) is 34.4. The molecule has 2 aliphatic rings. The highest BCUT2D eigenvalue weighted by atomic mass is 35.5. The lowest BCUT2D eigenvalue weighted by molar-refractivity contribution is -0.142. The highest BCUT2D eigenvalue weighted by Crippen LogP contribution is 2.40. The second-order valence-corrected chi connectivity index (χ2v) is 15.5. The lowest BCUT2D eigenvalue weighted by Crippen LogP contribution is -2.54. The van der Waals surface area contributed by atoms with Crippen molar-refractivity contribution in [2.24, 2.45) is 0 Å². The molecule has 6 aromatic rings. The number of carbonyl (C=O) groups excluding carboxylic acids is 2. The normalized spacial score (nSPS) is 15.9. The Labute approximate surface area is 367 Å². The van der Waals surface area contributed by atoms with Crippen LogP contribution in [-0.4, -0.2) is 56.4 Å². The number of benzene rings is 5. The van der Waals surface area contributed by atoms with Crippen LogP contribution in [0.25, 0.3) is 11.1 Å². The number of carboxylic acids is 1.